The van der Waals surface area contributed by atoms with E-state index in [0.29, 0.717) is 29.7 Å². The average Bonchev–Trinajstić information content (AvgIpc) is 3.19. The number of H-pyrrole nitrogens is 1. The highest BCUT2D eigenvalue weighted by atomic mass is 32.1. The number of para-hydroxylation sites is 1. The second-order valence-electron chi connectivity index (χ2n) is 5.53. The number of carbonyl (C=O) groups is 1. The van der Waals surface area contributed by atoms with E-state index in [-0.39, 0.29) is 11.6 Å². The third kappa shape index (κ3) is 2.29. The number of hydrogen-bond acceptors (Lipinski definition) is 4. The van der Waals surface area contributed by atoms with E-state index >= 15 is 0 Å². The molecule has 1 amide bonds. The summed E-state index contributed by atoms with van der Waals surface area (Å²) in [5, 5.41) is 13.8. The van der Waals surface area contributed by atoms with Gasteiger partial charge in [-0.05, 0) is 29.5 Å². The highest BCUT2D eigenvalue weighted by molar-refractivity contribution is 7.10. The van der Waals surface area contributed by atoms with E-state index in [9.17, 15) is 14.9 Å². The third-order valence-corrected chi connectivity index (χ3v) is 5.18. The third-order valence-electron chi connectivity index (χ3n) is 4.16. The molecule has 3 heterocycles. The Morgan fingerprint density at radius 2 is 2.22 bits per heavy atom. The Bertz CT molecular complexity index is 928. The van der Waals surface area contributed by atoms with Gasteiger partial charge in [0.25, 0.3) is 11.6 Å². The van der Waals surface area contributed by atoms with Crippen LogP contribution in [0.3, 0.4) is 0 Å². The first-order valence-electron chi connectivity index (χ1n) is 7.24. The van der Waals surface area contributed by atoms with Crippen LogP contribution in [0.25, 0.3) is 10.9 Å². The van der Waals surface area contributed by atoms with Crippen molar-refractivity contribution in [2.24, 2.45) is 0 Å². The normalized spacial score (nSPS) is 14.0. The fourth-order valence-corrected chi connectivity index (χ4v) is 3.89. The Hall–Kier alpha value is -2.67. The van der Waals surface area contributed by atoms with Gasteiger partial charge in [-0.15, -0.1) is 11.3 Å². The summed E-state index contributed by atoms with van der Waals surface area (Å²) in [6.07, 6.45) is 0.860. The van der Waals surface area contributed by atoms with Crippen molar-refractivity contribution < 1.29 is 9.72 Å². The molecule has 0 radical (unpaired) electrons. The topological polar surface area (TPSA) is 79.2 Å². The van der Waals surface area contributed by atoms with Crippen molar-refractivity contribution in [3.8, 4) is 0 Å². The van der Waals surface area contributed by atoms with Gasteiger partial charge in [0.1, 0.15) is 11.2 Å². The van der Waals surface area contributed by atoms with Gasteiger partial charge in [0.2, 0.25) is 0 Å². The molecule has 116 valence electrons. The summed E-state index contributed by atoms with van der Waals surface area (Å²) in [6, 6.07) is 8.57. The summed E-state index contributed by atoms with van der Waals surface area (Å²) < 4.78 is 0. The number of nitro groups is 1. The molecule has 0 saturated heterocycles. The highest BCUT2D eigenvalue weighted by Crippen LogP contribution is 2.28. The summed E-state index contributed by atoms with van der Waals surface area (Å²) in [5.41, 5.74) is 1.97. The Morgan fingerprint density at radius 1 is 1.35 bits per heavy atom. The lowest BCUT2D eigenvalue weighted by atomic mass is 10.1. The van der Waals surface area contributed by atoms with Crippen molar-refractivity contribution in [2.75, 3.05) is 6.54 Å². The lowest BCUT2D eigenvalue weighted by molar-refractivity contribution is -0.383. The minimum Gasteiger partial charge on any atom is -0.345 e. The monoisotopic (exact) mass is 327 g/mol. The quantitative estimate of drug-likeness (QED) is 0.579. The van der Waals surface area contributed by atoms with Crippen molar-refractivity contribution in [3.05, 3.63) is 62.0 Å². The molecule has 0 unspecified atom stereocenters. The Morgan fingerprint density at radius 3 is 3.04 bits per heavy atom. The number of non-ortho nitro benzene ring substituents is 1. The van der Waals surface area contributed by atoms with Gasteiger partial charge in [-0.1, -0.05) is 12.1 Å². The van der Waals surface area contributed by atoms with E-state index in [1.807, 2.05) is 5.38 Å². The van der Waals surface area contributed by atoms with Crippen LogP contribution in [0.15, 0.2) is 35.7 Å². The zero-order valence-corrected chi connectivity index (χ0v) is 12.9. The maximum atomic E-state index is 12.7. The van der Waals surface area contributed by atoms with E-state index < -0.39 is 4.92 Å². The second-order valence-corrected chi connectivity index (χ2v) is 6.53. The summed E-state index contributed by atoms with van der Waals surface area (Å²) in [7, 11) is 0. The molecule has 23 heavy (non-hydrogen) atoms. The van der Waals surface area contributed by atoms with Gasteiger partial charge in [0.05, 0.1) is 4.92 Å². The molecular formula is C16H13N3O3S. The van der Waals surface area contributed by atoms with Gasteiger partial charge >= 0.3 is 0 Å². The zero-order valence-electron chi connectivity index (χ0n) is 12.1. The average molecular weight is 327 g/mol. The summed E-state index contributed by atoms with van der Waals surface area (Å²) in [4.78, 5) is 29.4. The number of benzene rings is 1. The molecule has 7 heteroatoms. The fraction of sp³-hybridized carbons (Fsp3) is 0.188. The van der Waals surface area contributed by atoms with Gasteiger partial charge in [-0.25, -0.2) is 0 Å². The van der Waals surface area contributed by atoms with Crippen LogP contribution in [0.5, 0.6) is 0 Å². The molecule has 0 spiro atoms. The molecule has 1 aromatic carbocycles. The molecule has 0 aliphatic carbocycles. The van der Waals surface area contributed by atoms with E-state index in [0.717, 1.165) is 6.42 Å². The lowest BCUT2D eigenvalue weighted by Crippen LogP contribution is -2.35. The number of hydrogen-bond donors (Lipinski definition) is 1. The summed E-state index contributed by atoms with van der Waals surface area (Å²) in [5.74, 6) is -0.118. The maximum Gasteiger partial charge on any atom is 0.293 e. The number of rotatable bonds is 2. The van der Waals surface area contributed by atoms with Crippen LogP contribution < -0.4 is 0 Å². The van der Waals surface area contributed by atoms with E-state index in [2.05, 4.69) is 11.1 Å². The van der Waals surface area contributed by atoms with E-state index in [4.69, 9.17) is 0 Å². The molecule has 1 N–H and O–H groups in total. The molecule has 0 bridgehead atoms. The number of aromatic amines is 1. The molecule has 3 aromatic rings. The number of thiophene rings is 1. The van der Waals surface area contributed by atoms with Gasteiger partial charge in [-0.3, -0.25) is 14.9 Å². The fourth-order valence-electron chi connectivity index (χ4n) is 3.00. The van der Waals surface area contributed by atoms with Crippen molar-refractivity contribution >= 4 is 33.8 Å². The molecule has 1 aliphatic heterocycles. The van der Waals surface area contributed by atoms with Crippen molar-refractivity contribution in [1.82, 2.24) is 9.88 Å². The largest absolute Gasteiger partial charge is 0.345 e. The lowest BCUT2D eigenvalue weighted by Gasteiger charge is -2.26. The van der Waals surface area contributed by atoms with Crippen LogP contribution in [0.2, 0.25) is 0 Å². The first-order chi connectivity index (χ1) is 11.1. The predicted molar refractivity (Wildman–Crippen MR) is 87.7 cm³/mol. The van der Waals surface area contributed by atoms with Crippen molar-refractivity contribution in [1.29, 1.82) is 0 Å². The maximum absolute atomic E-state index is 12.7. The van der Waals surface area contributed by atoms with Gasteiger partial charge in [0.15, 0.2) is 0 Å². The van der Waals surface area contributed by atoms with Crippen LogP contribution >= 0.6 is 11.3 Å². The van der Waals surface area contributed by atoms with Gasteiger partial charge in [0, 0.05) is 29.4 Å². The Balaban J connectivity index is 1.68. The standard InChI is InChI=1S/C16H13N3O3S/c20-16(18-6-4-14-11(9-18)5-7-23-14)12-8-10-2-1-3-13(19(21)22)15(10)17-12/h1-3,5,7-8,17H,4,6,9H2. The highest BCUT2D eigenvalue weighted by Gasteiger charge is 2.24. The predicted octanol–water partition coefficient (Wildman–Crippen LogP) is 3.34. The molecule has 2 aromatic heterocycles. The number of nitrogens with one attached hydrogen (secondary N) is 1. The van der Waals surface area contributed by atoms with Crippen molar-refractivity contribution in [2.45, 2.75) is 13.0 Å². The molecule has 4 rings (SSSR count). The minimum atomic E-state index is -0.439. The van der Waals surface area contributed by atoms with Crippen LogP contribution in [0.1, 0.15) is 20.9 Å². The number of amides is 1. The molecule has 0 atom stereocenters. The SMILES string of the molecule is O=C(c1cc2cccc([N+](=O)[O-])c2[nH]1)N1CCc2sccc2C1. The first kappa shape index (κ1) is 14.0. The molecule has 0 saturated carbocycles. The molecule has 0 fully saturated rings. The zero-order chi connectivity index (χ0) is 16.0. The minimum absolute atomic E-state index is 0.0136. The summed E-state index contributed by atoms with van der Waals surface area (Å²) >= 11 is 1.72. The molecule has 6 nitrogen and oxygen atoms in total. The number of nitrogens with zero attached hydrogens (tertiary/aromatic N) is 2. The first-order valence-corrected chi connectivity index (χ1v) is 8.12. The van der Waals surface area contributed by atoms with Gasteiger partial charge < -0.3 is 9.88 Å². The summed E-state index contributed by atoms with van der Waals surface area (Å²) in [6.45, 7) is 1.26. The Labute approximate surface area is 135 Å². The van der Waals surface area contributed by atoms with Gasteiger partial charge in [-0.2, -0.15) is 0 Å². The number of carbonyl (C=O) groups excluding carboxylic acids is 1. The van der Waals surface area contributed by atoms with Crippen LogP contribution in [-0.2, 0) is 13.0 Å². The van der Waals surface area contributed by atoms with Crippen molar-refractivity contribution in [3.63, 3.8) is 0 Å². The molecular weight excluding hydrogens is 314 g/mol. The van der Waals surface area contributed by atoms with Crippen LogP contribution in [0.4, 0.5) is 5.69 Å². The number of aromatic nitrogens is 1. The second kappa shape index (κ2) is 5.20. The van der Waals surface area contributed by atoms with E-state index in [1.165, 1.54) is 16.5 Å². The van der Waals surface area contributed by atoms with Crippen LogP contribution in [-0.4, -0.2) is 27.3 Å². The number of nitro benzene ring substituents is 1. The number of fused-ring (bicyclic) bond motifs is 2. The molecule has 1 aliphatic rings. The Kier molecular flexibility index (Phi) is 3.16. The van der Waals surface area contributed by atoms with E-state index in [1.54, 1.807) is 34.4 Å². The van der Waals surface area contributed by atoms with Crippen LogP contribution in [0, 0.1) is 10.1 Å². The smallest absolute Gasteiger partial charge is 0.293 e.